The monoisotopic (exact) mass is 724 g/mol. The standard InChI is InChI=1S/C48H34F6/c1-27-21-28(2)24-33(23-27)43-39-11-7-8-12-40(39)44(34-25-29(3)22-30(4)26-34)46-42(32-15-19-36(20-16-32)48(52,53)54)38-10-6-5-9-37(38)41(45(43)46)31-13-17-35(18-14-31)47(49,50)51/h5-26H,1-4H3. The highest BCUT2D eigenvalue weighted by atomic mass is 19.4. The molecule has 54 heavy (non-hydrogen) atoms. The first-order chi connectivity index (χ1) is 25.7. The second-order valence-electron chi connectivity index (χ2n) is 14.2. The summed E-state index contributed by atoms with van der Waals surface area (Å²) in [5.41, 5.74) is 9.00. The SMILES string of the molecule is Cc1cc(C)cc(-c2c3ccccc3c(-c3cc(C)cc(C)c3)c3c(-c4ccc(C(F)(F)F)cc4)c4ccccc4c(-c4ccc(C(F)(F)F)cc4)c23)c1. The maximum Gasteiger partial charge on any atom is 0.416 e. The zero-order chi connectivity index (χ0) is 38.1. The van der Waals surface area contributed by atoms with Crippen LogP contribution in [0.2, 0.25) is 0 Å². The molecule has 0 fully saturated rings. The van der Waals surface area contributed by atoms with Crippen molar-refractivity contribution in [2.45, 2.75) is 40.0 Å². The maximum atomic E-state index is 13.9. The van der Waals surface area contributed by atoms with E-state index in [-0.39, 0.29) is 0 Å². The molecule has 0 nitrogen and oxygen atoms in total. The van der Waals surface area contributed by atoms with Crippen LogP contribution in [-0.4, -0.2) is 0 Å². The predicted molar refractivity (Wildman–Crippen MR) is 210 cm³/mol. The number of hydrogen-bond acceptors (Lipinski definition) is 0. The van der Waals surface area contributed by atoms with Gasteiger partial charge in [0.2, 0.25) is 0 Å². The number of fused-ring (bicyclic) bond motifs is 3. The van der Waals surface area contributed by atoms with Gasteiger partial charge in [-0.25, -0.2) is 0 Å². The Hall–Kier alpha value is -5.88. The van der Waals surface area contributed by atoms with Crippen molar-refractivity contribution >= 4 is 32.3 Å². The summed E-state index contributed by atoms with van der Waals surface area (Å²) < 4.78 is 83.7. The molecule has 0 saturated carbocycles. The van der Waals surface area contributed by atoms with Crippen molar-refractivity contribution < 1.29 is 26.3 Å². The molecule has 0 unspecified atom stereocenters. The molecule has 0 spiro atoms. The molecule has 0 amide bonds. The fraction of sp³-hybridized carbons (Fsp3) is 0.125. The van der Waals surface area contributed by atoms with Crippen molar-refractivity contribution in [2.24, 2.45) is 0 Å². The third-order valence-corrected chi connectivity index (χ3v) is 10.2. The highest BCUT2D eigenvalue weighted by Gasteiger charge is 2.32. The van der Waals surface area contributed by atoms with E-state index < -0.39 is 23.5 Å². The Labute approximate surface area is 309 Å². The van der Waals surface area contributed by atoms with Gasteiger partial charge < -0.3 is 0 Å². The molecule has 0 radical (unpaired) electrons. The number of hydrogen-bond donors (Lipinski definition) is 0. The molecule has 0 aromatic heterocycles. The fourth-order valence-electron chi connectivity index (χ4n) is 8.22. The summed E-state index contributed by atoms with van der Waals surface area (Å²) in [5, 5.41) is 5.05. The van der Waals surface area contributed by atoms with Crippen LogP contribution < -0.4 is 0 Å². The number of rotatable bonds is 4. The van der Waals surface area contributed by atoms with E-state index in [9.17, 15) is 26.3 Å². The van der Waals surface area contributed by atoms with E-state index in [2.05, 4.69) is 48.5 Å². The molecule has 0 saturated heterocycles. The van der Waals surface area contributed by atoms with Crippen LogP contribution in [0.25, 0.3) is 76.8 Å². The molecule has 8 aromatic rings. The van der Waals surface area contributed by atoms with Gasteiger partial charge in [0.1, 0.15) is 0 Å². The van der Waals surface area contributed by atoms with Crippen LogP contribution in [0.15, 0.2) is 133 Å². The molecule has 8 aromatic carbocycles. The Morgan fingerprint density at radius 3 is 0.833 bits per heavy atom. The lowest BCUT2D eigenvalue weighted by molar-refractivity contribution is -0.138. The number of alkyl halides is 6. The van der Waals surface area contributed by atoms with Crippen molar-refractivity contribution in [1.29, 1.82) is 0 Å². The number of aryl methyl sites for hydroxylation is 4. The highest BCUT2D eigenvalue weighted by molar-refractivity contribution is 6.33. The van der Waals surface area contributed by atoms with E-state index in [4.69, 9.17) is 0 Å². The lowest BCUT2D eigenvalue weighted by atomic mass is 9.77. The van der Waals surface area contributed by atoms with E-state index in [1.807, 2.05) is 64.1 Å². The lowest BCUT2D eigenvalue weighted by Crippen LogP contribution is -2.04. The van der Waals surface area contributed by atoms with Gasteiger partial charge >= 0.3 is 12.4 Å². The van der Waals surface area contributed by atoms with Gasteiger partial charge in [-0.05, 0) is 129 Å². The summed E-state index contributed by atoms with van der Waals surface area (Å²) >= 11 is 0. The highest BCUT2D eigenvalue weighted by Crippen LogP contribution is 2.54. The largest absolute Gasteiger partial charge is 0.416 e. The van der Waals surface area contributed by atoms with Crippen LogP contribution in [0.4, 0.5) is 26.3 Å². The van der Waals surface area contributed by atoms with Crippen molar-refractivity contribution in [2.75, 3.05) is 0 Å². The van der Waals surface area contributed by atoms with E-state index in [0.29, 0.717) is 11.1 Å². The van der Waals surface area contributed by atoms with Gasteiger partial charge in [-0.15, -0.1) is 0 Å². The molecule has 0 aliphatic carbocycles. The Morgan fingerprint density at radius 2 is 0.574 bits per heavy atom. The van der Waals surface area contributed by atoms with Crippen LogP contribution in [-0.2, 0) is 12.4 Å². The molecule has 0 N–H and O–H groups in total. The third kappa shape index (κ3) is 6.09. The molecule has 0 atom stereocenters. The molecule has 0 heterocycles. The number of halogens is 6. The molecular formula is C48H34F6. The van der Waals surface area contributed by atoms with Gasteiger partial charge in [0.15, 0.2) is 0 Å². The Kier molecular flexibility index (Phi) is 8.41. The third-order valence-electron chi connectivity index (χ3n) is 10.2. The second kappa shape index (κ2) is 12.9. The van der Waals surface area contributed by atoms with Crippen molar-refractivity contribution in [3.63, 3.8) is 0 Å². The van der Waals surface area contributed by atoms with Crippen molar-refractivity contribution in [3.8, 4) is 44.5 Å². The molecule has 8 rings (SSSR count). The van der Waals surface area contributed by atoms with Gasteiger partial charge in [-0.1, -0.05) is 131 Å². The molecular weight excluding hydrogens is 691 g/mol. The predicted octanol–water partition coefficient (Wildman–Crippen LogP) is 15.1. The van der Waals surface area contributed by atoms with Gasteiger partial charge in [-0.3, -0.25) is 0 Å². The van der Waals surface area contributed by atoms with Gasteiger partial charge in [0.05, 0.1) is 11.1 Å². The average Bonchev–Trinajstić information content (AvgIpc) is 3.11. The van der Waals surface area contributed by atoms with Crippen LogP contribution in [0.1, 0.15) is 33.4 Å². The van der Waals surface area contributed by atoms with Crippen LogP contribution in [0.5, 0.6) is 0 Å². The average molecular weight is 725 g/mol. The van der Waals surface area contributed by atoms with E-state index in [1.165, 1.54) is 24.3 Å². The molecule has 6 heteroatoms. The number of benzene rings is 8. The first kappa shape index (κ1) is 35.2. The van der Waals surface area contributed by atoms with Gasteiger partial charge in [0, 0.05) is 0 Å². The molecule has 268 valence electrons. The normalized spacial score (nSPS) is 12.3. The van der Waals surface area contributed by atoms with Crippen LogP contribution >= 0.6 is 0 Å². The minimum absolute atomic E-state index is 0.593. The Morgan fingerprint density at radius 1 is 0.315 bits per heavy atom. The first-order valence-corrected chi connectivity index (χ1v) is 17.6. The minimum atomic E-state index is -4.52. The smallest absolute Gasteiger partial charge is 0.166 e. The van der Waals surface area contributed by atoms with E-state index in [1.54, 1.807) is 0 Å². The van der Waals surface area contributed by atoms with E-state index in [0.717, 1.165) is 112 Å². The van der Waals surface area contributed by atoms with Gasteiger partial charge in [-0.2, -0.15) is 26.3 Å². The van der Waals surface area contributed by atoms with E-state index >= 15 is 0 Å². The van der Waals surface area contributed by atoms with Gasteiger partial charge in [0.25, 0.3) is 0 Å². The molecule has 0 aliphatic heterocycles. The summed E-state index contributed by atoms with van der Waals surface area (Å²) in [7, 11) is 0. The van der Waals surface area contributed by atoms with Crippen molar-refractivity contribution in [1.82, 2.24) is 0 Å². The van der Waals surface area contributed by atoms with Crippen molar-refractivity contribution in [3.05, 3.63) is 167 Å². The molecule has 0 bridgehead atoms. The second-order valence-corrected chi connectivity index (χ2v) is 14.2. The Balaban J connectivity index is 1.70. The summed E-state index contributed by atoms with van der Waals surface area (Å²) in [6, 6.07) is 39.0. The zero-order valence-electron chi connectivity index (χ0n) is 30.0. The minimum Gasteiger partial charge on any atom is -0.166 e. The van der Waals surface area contributed by atoms with Crippen LogP contribution in [0.3, 0.4) is 0 Å². The molecule has 0 aliphatic rings. The summed E-state index contributed by atoms with van der Waals surface area (Å²) in [6.45, 7) is 8.13. The van der Waals surface area contributed by atoms with Crippen LogP contribution in [0, 0.1) is 27.7 Å². The first-order valence-electron chi connectivity index (χ1n) is 17.6. The Bertz CT molecular complexity index is 2520. The fourth-order valence-corrected chi connectivity index (χ4v) is 8.22. The zero-order valence-corrected chi connectivity index (χ0v) is 30.0. The summed E-state index contributed by atoms with van der Waals surface area (Å²) in [5.74, 6) is 0. The maximum absolute atomic E-state index is 13.9. The lowest BCUT2D eigenvalue weighted by Gasteiger charge is -2.26. The summed E-state index contributed by atoms with van der Waals surface area (Å²) in [4.78, 5) is 0. The summed E-state index contributed by atoms with van der Waals surface area (Å²) in [6.07, 6.45) is -9.04. The topological polar surface area (TPSA) is 0 Å². The quantitative estimate of drug-likeness (QED) is 0.125.